The van der Waals surface area contributed by atoms with Crippen molar-refractivity contribution in [3.05, 3.63) is 53.6 Å². The number of nitrogens with zero attached hydrogens (tertiary/aromatic N) is 1. The molecular formula is C22H30ClN3O2. The number of carbonyl (C=O) groups is 1. The summed E-state index contributed by atoms with van der Waals surface area (Å²) in [7, 11) is 0. The van der Waals surface area contributed by atoms with Crippen LogP contribution in [0, 0.1) is 0 Å². The Balaban J connectivity index is 0.00000280. The topological polar surface area (TPSA) is 67.6 Å². The molecule has 0 radical (unpaired) electrons. The molecule has 0 bridgehead atoms. The number of carbonyl (C=O) groups excluding carboxylic acids is 1. The molecule has 0 fully saturated rings. The van der Waals surface area contributed by atoms with E-state index in [9.17, 15) is 4.79 Å². The number of nitrogen functional groups attached to an aromatic ring is 1. The average molecular weight is 404 g/mol. The number of hydrogen-bond donors (Lipinski definition) is 2. The summed E-state index contributed by atoms with van der Waals surface area (Å²) in [6.45, 7) is 5.85. The zero-order chi connectivity index (χ0) is 19.2. The maximum Gasteiger partial charge on any atom is 0.240 e. The summed E-state index contributed by atoms with van der Waals surface area (Å²) in [4.78, 5) is 14.9. The van der Waals surface area contributed by atoms with Crippen molar-refractivity contribution in [2.24, 2.45) is 0 Å². The molecule has 28 heavy (non-hydrogen) atoms. The molecule has 1 amide bonds. The van der Waals surface area contributed by atoms with Crippen LogP contribution < -0.4 is 20.7 Å². The van der Waals surface area contributed by atoms with Gasteiger partial charge in [0.2, 0.25) is 5.91 Å². The predicted octanol–water partition coefficient (Wildman–Crippen LogP) is 4.11. The Morgan fingerprint density at radius 2 is 2.00 bits per heavy atom. The molecule has 5 nitrogen and oxygen atoms in total. The molecule has 0 saturated carbocycles. The quantitative estimate of drug-likeness (QED) is 0.682. The largest absolute Gasteiger partial charge is 0.494 e. The molecule has 2 aromatic carbocycles. The normalized spacial score (nSPS) is 13.9. The van der Waals surface area contributed by atoms with Crippen LogP contribution in [0.1, 0.15) is 43.9 Å². The summed E-state index contributed by atoms with van der Waals surface area (Å²) in [5, 5.41) is 3.18. The van der Waals surface area contributed by atoms with E-state index >= 15 is 0 Å². The molecule has 0 aliphatic carbocycles. The Labute approximate surface area is 173 Å². The molecule has 152 valence electrons. The van der Waals surface area contributed by atoms with Gasteiger partial charge in [0.15, 0.2) is 0 Å². The van der Waals surface area contributed by atoms with E-state index in [1.54, 1.807) is 0 Å². The molecule has 3 rings (SSSR count). The smallest absolute Gasteiger partial charge is 0.240 e. The second-order valence-electron chi connectivity index (χ2n) is 6.87. The number of amides is 1. The van der Waals surface area contributed by atoms with Crippen molar-refractivity contribution < 1.29 is 9.53 Å². The third kappa shape index (κ3) is 4.90. The second kappa shape index (κ2) is 10.2. The molecule has 1 unspecified atom stereocenters. The lowest BCUT2D eigenvalue weighted by molar-refractivity contribution is -0.120. The van der Waals surface area contributed by atoms with Crippen molar-refractivity contribution in [1.29, 1.82) is 0 Å². The highest BCUT2D eigenvalue weighted by molar-refractivity contribution is 5.85. The van der Waals surface area contributed by atoms with Crippen molar-refractivity contribution in [2.45, 2.75) is 39.2 Å². The molecule has 0 saturated heterocycles. The fraction of sp³-hybridized carbons (Fsp3) is 0.409. The maximum atomic E-state index is 12.8. The first-order chi connectivity index (χ1) is 13.1. The molecule has 1 heterocycles. The monoisotopic (exact) mass is 403 g/mol. The van der Waals surface area contributed by atoms with Crippen molar-refractivity contribution in [3.8, 4) is 5.75 Å². The number of ether oxygens (including phenoxy) is 1. The van der Waals surface area contributed by atoms with E-state index < -0.39 is 0 Å². The van der Waals surface area contributed by atoms with Gasteiger partial charge in [0.05, 0.1) is 19.2 Å². The summed E-state index contributed by atoms with van der Waals surface area (Å²) >= 11 is 0. The molecule has 6 heteroatoms. The van der Waals surface area contributed by atoms with Crippen LogP contribution in [0.15, 0.2) is 42.5 Å². The van der Waals surface area contributed by atoms with Crippen LogP contribution in [0.3, 0.4) is 0 Å². The van der Waals surface area contributed by atoms with Gasteiger partial charge in [-0.3, -0.25) is 4.79 Å². The molecule has 0 aromatic heterocycles. The van der Waals surface area contributed by atoms with Gasteiger partial charge >= 0.3 is 0 Å². The first kappa shape index (κ1) is 21.9. The summed E-state index contributed by atoms with van der Waals surface area (Å²) in [5.41, 5.74) is 10.2. The Hall–Kier alpha value is -2.40. The SMILES string of the molecule is CCOc1ccccc1C(CC)NC(=O)CN1CCCc2c(N)cccc21.Cl. The van der Waals surface area contributed by atoms with E-state index in [1.807, 2.05) is 43.3 Å². The van der Waals surface area contributed by atoms with Crippen LogP contribution >= 0.6 is 12.4 Å². The zero-order valence-corrected chi connectivity index (χ0v) is 17.4. The first-order valence-electron chi connectivity index (χ1n) is 9.77. The number of rotatable bonds is 7. The highest BCUT2D eigenvalue weighted by atomic mass is 35.5. The van der Waals surface area contributed by atoms with Gasteiger partial charge in [0, 0.05) is 23.5 Å². The van der Waals surface area contributed by atoms with E-state index in [4.69, 9.17) is 10.5 Å². The molecule has 0 spiro atoms. The average Bonchev–Trinajstić information content (AvgIpc) is 2.68. The van der Waals surface area contributed by atoms with E-state index in [1.165, 1.54) is 0 Å². The van der Waals surface area contributed by atoms with Gasteiger partial charge in [-0.25, -0.2) is 0 Å². The summed E-state index contributed by atoms with van der Waals surface area (Å²) in [6.07, 6.45) is 2.79. The number of halogens is 1. The number of nitrogens with one attached hydrogen (secondary N) is 1. The fourth-order valence-electron chi connectivity index (χ4n) is 3.76. The van der Waals surface area contributed by atoms with Gasteiger partial charge < -0.3 is 20.7 Å². The van der Waals surface area contributed by atoms with Gasteiger partial charge in [0.25, 0.3) is 0 Å². The highest BCUT2D eigenvalue weighted by Crippen LogP contribution is 2.31. The van der Waals surface area contributed by atoms with Crippen LogP contribution in [0.2, 0.25) is 0 Å². The number of benzene rings is 2. The van der Waals surface area contributed by atoms with E-state index in [2.05, 4.69) is 23.2 Å². The first-order valence-corrected chi connectivity index (χ1v) is 9.77. The van der Waals surface area contributed by atoms with E-state index in [0.717, 1.165) is 54.1 Å². The standard InChI is InChI=1S/C22H29N3O2.ClH/c1-3-19(17-9-5-6-13-21(17)27-4-2)24-22(26)15-25-14-8-10-16-18(23)11-7-12-20(16)25;/h5-7,9,11-13,19H,3-4,8,10,14-15,23H2,1-2H3,(H,24,26);1H. The van der Waals surface area contributed by atoms with Gasteiger partial charge in [-0.1, -0.05) is 31.2 Å². The molecule has 1 aliphatic rings. The lowest BCUT2D eigenvalue weighted by Gasteiger charge is -2.32. The molecule has 2 aromatic rings. The fourth-order valence-corrected chi connectivity index (χ4v) is 3.76. The third-order valence-corrected chi connectivity index (χ3v) is 5.06. The lowest BCUT2D eigenvalue weighted by Crippen LogP contribution is -2.41. The van der Waals surface area contributed by atoms with Gasteiger partial charge in [-0.2, -0.15) is 0 Å². The van der Waals surface area contributed by atoms with Crippen molar-refractivity contribution in [1.82, 2.24) is 5.32 Å². The van der Waals surface area contributed by atoms with Gasteiger partial charge in [-0.05, 0) is 49.9 Å². The predicted molar refractivity (Wildman–Crippen MR) is 117 cm³/mol. The number of anilines is 2. The number of nitrogens with two attached hydrogens (primary N) is 1. The van der Waals surface area contributed by atoms with E-state index in [0.29, 0.717) is 13.2 Å². The molecule has 3 N–H and O–H groups in total. The van der Waals surface area contributed by atoms with Gasteiger partial charge in [-0.15, -0.1) is 12.4 Å². The maximum absolute atomic E-state index is 12.8. The van der Waals surface area contributed by atoms with Crippen LogP contribution in [-0.2, 0) is 11.2 Å². The Morgan fingerprint density at radius 1 is 1.21 bits per heavy atom. The molecular weight excluding hydrogens is 374 g/mol. The third-order valence-electron chi connectivity index (χ3n) is 5.06. The van der Waals surface area contributed by atoms with E-state index in [-0.39, 0.29) is 24.4 Å². The number of fused-ring (bicyclic) bond motifs is 1. The number of para-hydroxylation sites is 1. The minimum Gasteiger partial charge on any atom is -0.494 e. The number of hydrogen-bond acceptors (Lipinski definition) is 4. The lowest BCUT2D eigenvalue weighted by atomic mass is 9.99. The van der Waals surface area contributed by atoms with Crippen molar-refractivity contribution >= 4 is 29.7 Å². The summed E-state index contributed by atoms with van der Waals surface area (Å²) < 4.78 is 5.74. The Kier molecular flexibility index (Phi) is 8.00. The van der Waals surface area contributed by atoms with Crippen LogP contribution in [0.25, 0.3) is 0 Å². The summed E-state index contributed by atoms with van der Waals surface area (Å²) in [5.74, 6) is 0.853. The molecule has 1 aliphatic heterocycles. The van der Waals surface area contributed by atoms with Crippen LogP contribution in [-0.4, -0.2) is 25.6 Å². The Bertz CT molecular complexity index is 797. The summed E-state index contributed by atoms with van der Waals surface area (Å²) in [6, 6.07) is 13.8. The minimum atomic E-state index is -0.0645. The van der Waals surface area contributed by atoms with Crippen molar-refractivity contribution in [3.63, 3.8) is 0 Å². The second-order valence-corrected chi connectivity index (χ2v) is 6.87. The van der Waals surface area contributed by atoms with Gasteiger partial charge in [0.1, 0.15) is 5.75 Å². The molecule has 1 atom stereocenters. The van der Waals surface area contributed by atoms with Crippen molar-refractivity contribution in [2.75, 3.05) is 30.3 Å². The van der Waals surface area contributed by atoms with Crippen LogP contribution in [0.5, 0.6) is 5.75 Å². The highest BCUT2D eigenvalue weighted by Gasteiger charge is 2.22. The van der Waals surface area contributed by atoms with Crippen LogP contribution in [0.4, 0.5) is 11.4 Å². The minimum absolute atomic E-state index is 0. The zero-order valence-electron chi connectivity index (χ0n) is 16.6. The Morgan fingerprint density at radius 3 is 2.75 bits per heavy atom.